The average Bonchev–Trinajstić information content (AvgIpc) is 3.03. The molecule has 4 rings (SSSR count). The van der Waals surface area contributed by atoms with Crippen molar-refractivity contribution in [3.8, 4) is 0 Å². The minimum Gasteiger partial charge on any atom is -0.368 e. The maximum atomic E-state index is 11.4. The van der Waals surface area contributed by atoms with Crippen LogP contribution in [0.15, 0.2) is 22.7 Å². The fourth-order valence-corrected chi connectivity index (χ4v) is 5.04. The second-order valence-corrected chi connectivity index (χ2v) is 9.20. The van der Waals surface area contributed by atoms with Crippen LogP contribution in [0.25, 0.3) is 0 Å². The summed E-state index contributed by atoms with van der Waals surface area (Å²) in [6.07, 6.45) is 3.47. The van der Waals surface area contributed by atoms with Gasteiger partial charge in [0, 0.05) is 38.7 Å². The topological polar surface area (TPSA) is 61.6 Å². The van der Waals surface area contributed by atoms with E-state index in [1.54, 1.807) is 0 Å². The molecule has 30 heavy (non-hydrogen) atoms. The zero-order valence-electron chi connectivity index (χ0n) is 17.5. The minimum absolute atomic E-state index is 0.124. The van der Waals surface area contributed by atoms with Gasteiger partial charge in [0.25, 0.3) is 0 Å². The summed E-state index contributed by atoms with van der Waals surface area (Å²) < 4.78 is 5.30. The Balaban J connectivity index is 1.22. The molecule has 0 atom stereocenters. The van der Waals surface area contributed by atoms with Crippen molar-refractivity contribution in [3.05, 3.63) is 39.5 Å². The largest absolute Gasteiger partial charge is 0.368 e. The van der Waals surface area contributed by atoms with Gasteiger partial charge in [-0.2, -0.15) is 0 Å². The quantitative estimate of drug-likeness (QED) is 0.673. The van der Waals surface area contributed by atoms with E-state index in [2.05, 4.69) is 20.3 Å². The summed E-state index contributed by atoms with van der Waals surface area (Å²) in [5.41, 5.74) is 3.00. The number of carbonyl (C=O) groups is 1. The van der Waals surface area contributed by atoms with Crippen LogP contribution in [0.3, 0.4) is 0 Å². The number of rotatable bonds is 6. The fourth-order valence-electron chi connectivity index (χ4n) is 4.63. The van der Waals surface area contributed by atoms with Crippen molar-refractivity contribution in [1.29, 1.82) is 0 Å². The van der Waals surface area contributed by atoms with Gasteiger partial charge in [0.05, 0.1) is 21.4 Å². The Morgan fingerprint density at radius 2 is 1.97 bits per heavy atom. The van der Waals surface area contributed by atoms with Crippen LogP contribution < -0.4 is 10.2 Å². The Bertz CT molecular complexity index is 903. The van der Waals surface area contributed by atoms with E-state index >= 15 is 0 Å². The predicted octanol–water partition coefficient (Wildman–Crippen LogP) is 4.95. The van der Waals surface area contributed by atoms with Crippen molar-refractivity contribution in [2.75, 3.05) is 42.9 Å². The lowest BCUT2D eigenvalue weighted by Crippen LogP contribution is -2.47. The summed E-state index contributed by atoms with van der Waals surface area (Å²) >= 11 is 12.5. The van der Waals surface area contributed by atoms with Crippen LogP contribution in [0.2, 0.25) is 10.0 Å². The third-order valence-corrected chi connectivity index (χ3v) is 7.15. The normalized spacial score (nSPS) is 22.1. The third-order valence-electron chi connectivity index (χ3n) is 6.34. The number of aromatic nitrogens is 1. The highest BCUT2D eigenvalue weighted by Crippen LogP contribution is 2.47. The zero-order valence-corrected chi connectivity index (χ0v) is 19.0. The Morgan fingerprint density at radius 3 is 2.67 bits per heavy atom. The molecule has 1 aromatic carbocycles. The summed E-state index contributed by atoms with van der Waals surface area (Å²) in [5.74, 6) is 1.56. The Morgan fingerprint density at radius 1 is 1.23 bits per heavy atom. The molecule has 0 radical (unpaired) electrons. The molecule has 0 unspecified atom stereocenters. The molecule has 0 spiro atoms. The van der Waals surface area contributed by atoms with Crippen LogP contribution in [0, 0.1) is 12.8 Å². The Labute approximate surface area is 187 Å². The van der Waals surface area contributed by atoms with Crippen molar-refractivity contribution < 1.29 is 9.32 Å². The SMILES string of the molecule is CC(=O)Nc1onc(C)c1C1CC(CCN2CCN(c3cccc(Cl)c3Cl)CC2)C1. The van der Waals surface area contributed by atoms with Gasteiger partial charge < -0.3 is 9.42 Å². The monoisotopic (exact) mass is 450 g/mol. The van der Waals surface area contributed by atoms with Gasteiger partial charge in [-0.05, 0) is 56.7 Å². The molecule has 2 fully saturated rings. The number of piperazine rings is 1. The highest BCUT2D eigenvalue weighted by molar-refractivity contribution is 6.43. The summed E-state index contributed by atoms with van der Waals surface area (Å²) in [6.45, 7) is 8.57. The minimum atomic E-state index is -0.124. The first-order valence-corrected chi connectivity index (χ1v) is 11.3. The van der Waals surface area contributed by atoms with E-state index in [0.717, 1.165) is 68.4 Å². The first kappa shape index (κ1) is 21.5. The van der Waals surface area contributed by atoms with E-state index in [9.17, 15) is 4.79 Å². The second-order valence-electron chi connectivity index (χ2n) is 8.42. The van der Waals surface area contributed by atoms with E-state index in [-0.39, 0.29) is 5.91 Å². The molecule has 2 aromatic rings. The summed E-state index contributed by atoms with van der Waals surface area (Å²) in [5, 5.41) is 8.07. The first-order chi connectivity index (χ1) is 14.4. The number of hydrogen-bond acceptors (Lipinski definition) is 5. The fraction of sp³-hybridized carbons (Fsp3) is 0.545. The van der Waals surface area contributed by atoms with Crippen molar-refractivity contribution in [2.24, 2.45) is 5.92 Å². The van der Waals surface area contributed by atoms with Gasteiger partial charge in [-0.3, -0.25) is 15.0 Å². The van der Waals surface area contributed by atoms with Gasteiger partial charge in [-0.15, -0.1) is 0 Å². The number of halogens is 2. The van der Waals surface area contributed by atoms with E-state index in [1.165, 1.54) is 13.3 Å². The molecule has 6 nitrogen and oxygen atoms in total. The van der Waals surface area contributed by atoms with Gasteiger partial charge in [-0.1, -0.05) is 34.4 Å². The molecule has 1 saturated carbocycles. The van der Waals surface area contributed by atoms with E-state index in [4.69, 9.17) is 27.7 Å². The number of carbonyl (C=O) groups excluding carboxylic acids is 1. The highest BCUT2D eigenvalue weighted by Gasteiger charge is 2.35. The molecule has 8 heteroatoms. The van der Waals surface area contributed by atoms with Crippen LogP contribution >= 0.6 is 23.2 Å². The molecule has 1 N–H and O–H groups in total. The van der Waals surface area contributed by atoms with Gasteiger partial charge in [0.1, 0.15) is 0 Å². The van der Waals surface area contributed by atoms with Crippen LogP contribution in [-0.4, -0.2) is 48.7 Å². The van der Waals surface area contributed by atoms with Gasteiger partial charge in [-0.25, -0.2) is 0 Å². The van der Waals surface area contributed by atoms with E-state index in [0.29, 0.717) is 21.8 Å². The van der Waals surface area contributed by atoms with Gasteiger partial charge in [0.2, 0.25) is 11.8 Å². The predicted molar refractivity (Wildman–Crippen MR) is 121 cm³/mol. The molecular weight excluding hydrogens is 423 g/mol. The van der Waals surface area contributed by atoms with Crippen molar-refractivity contribution in [3.63, 3.8) is 0 Å². The average molecular weight is 451 g/mol. The Kier molecular flexibility index (Phi) is 6.56. The van der Waals surface area contributed by atoms with Crippen LogP contribution in [0.5, 0.6) is 0 Å². The second kappa shape index (κ2) is 9.16. The zero-order chi connectivity index (χ0) is 21.3. The summed E-state index contributed by atoms with van der Waals surface area (Å²) in [7, 11) is 0. The molecule has 1 aliphatic heterocycles. The standard InChI is InChI=1S/C22H28Cl2N4O2/c1-14-20(22(30-26-14)25-15(2)29)17-12-16(13-17)6-7-27-8-10-28(11-9-27)19-5-3-4-18(23)21(19)24/h3-5,16-17H,6-13H2,1-2H3,(H,25,29). The number of hydrogen-bond donors (Lipinski definition) is 1. The smallest absolute Gasteiger partial charge is 0.234 e. The van der Waals surface area contributed by atoms with E-state index < -0.39 is 0 Å². The van der Waals surface area contributed by atoms with Crippen LogP contribution in [0.4, 0.5) is 11.6 Å². The maximum absolute atomic E-state index is 11.4. The first-order valence-electron chi connectivity index (χ1n) is 10.6. The molecular formula is C22H28Cl2N4O2. The molecule has 162 valence electrons. The van der Waals surface area contributed by atoms with Crippen molar-refractivity contribution >= 4 is 40.7 Å². The summed E-state index contributed by atoms with van der Waals surface area (Å²) in [6, 6.07) is 5.83. The summed E-state index contributed by atoms with van der Waals surface area (Å²) in [4.78, 5) is 16.2. The highest BCUT2D eigenvalue weighted by atomic mass is 35.5. The lowest BCUT2D eigenvalue weighted by molar-refractivity contribution is -0.114. The lowest BCUT2D eigenvalue weighted by atomic mass is 9.70. The number of amides is 1. The maximum Gasteiger partial charge on any atom is 0.234 e. The number of nitrogens with zero attached hydrogens (tertiary/aromatic N) is 3. The number of benzene rings is 1. The number of nitrogens with one attached hydrogen (secondary N) is 1. The molecule has 2 aliphatic rings. The molecule has 1 aliphatic carbocycles. The number of aryl methyl sites for hydroxylation is 1. The lowest BCUT2D eigenvalue weighted by Gasteiger charge is -2.39. The van der Waals surface area contributed by atoms with Gasteiger partial charge >= 0.3 is 0 Å². The number of anilines is 2. The molecule has 1 amide bonds. The van der Waals surface area contributed by atoms with Gasteiger partial charge in [0.15, 0.2) is 0 Å². The van der Waals surface area contributed by atoms with E-state index in [1.807, 2.05) is 25.1 Å². The molecule has 2 heterocycles. The van der Waals surface area contributed by atoms with Crippen LogP contribution in [-0.2, 0) is 4.79 Å². The molecule has 0 bridgehead atoms. The van der Waals surface area contributed by atoms with Crippen LogP contribution in [0.1, 0.15) is 43.4 Å². The van der Waals surface area contributed by atoms with Crippen molar-refractivity contribution in [2.45, 2.75) is 39.0 Å². The Hall–Kier alpha value is -1.76. The molecule has 1 aromatic heterocycles. The van der Waals surface area contributed by atoms with Crippen molar-refractivity contribution in [1.82, 2.24) is 10.1 Å². The third kappa shape index (κ3) is 4.61. The molecule has 1 saturated heterocycles.